The van der Waals surface area contributed by atoms with Crippen molar-refractivity contribution in [2.24, 2.45) is 0 Å². The molecule has 1 fully saturated rings. The standard InChI is InChI=1S/C19H32N4O4.Fe.H2O/c1-16(26)12-21-5-6-22(13-17-3-2-4-20-11-17)8-10-23(9-7-21)18(14-24)19(27)15-25;;/h2-4,11,16,18-19,25,27H,5-10,12-15H2,1H3;;1H2/q-2;+6;/t16-,18+,19+;;/m0../s1. The second-order valence-electron chi connectivity index (χ2n) is 7.27. The summed E-state index contributed by atoms with van der Waals surface area (Å²) in [5.74, 6) is 0. The molecular weight excluding hydrogens is 420 g/mol. The predicted octanol–water partition coefficient (Wildman–Crippen LogP) is -3.50. The molecule has 0 radical (unpaired) electrons. The molecular formula is C19H34FeN4O5+4. The summed E-state index contributed by atoms with van der Waals surface area (Å²) in [7, 11) is 0. The van der Waals surface area contributed by atoms with Crippen LogP contribution in [0, 0.1) is 0 Å². The van der Waals surface area contributed by atoms with E-state index in [1.807, 2.05) is 23.2 Å². The van der Waals surface area contributed by atoms with Crippen LogP contribution in [0.25, 0.3) is 0 Å². The molecule has 1 aliphatic rings. The molecule has 0 aliphatic carbocycles. The van der Waals surface area contributed by atoms with Gasteiger partial charge in [-0.1, -0.05) is 13.0 Å². The van der Waals surface area contributed by atoms with Gasteiger partial charge in [-0.05, 0) is 18.2 Å². The Bertz CT molecular complexity index is 529. The van der Waals surface area contributed by atoms with E-state index in [2.05, 4.69) is 14.8 Å². The number of aromatic nitrogens is 1. The molecule has 1 saturated heterocycles. The number of hydrogen-bond donors (Lipinski definition) is 2. The zero-order chi connectivity index (χ0) is 19.6. The smallest absolute Gasteiger partial charge is 0.853 e. The zero-order valence-electron chi connectivity index (χ0n) is 17.0. The Balaban J connectivity index is 0.00000392. The van der Waals surface area contributed by atoms with Gasteiger partial charge < -0.3 is 30.8 Å². The van der Waals surface area contributed by atoms with Gasteiger partial charge in [0.1, 0.15) is 0 Å². The van der Waals surface area contributed by atoms with Gasteiger partial charge in [-0.3, -0.25) is 14.8 Å². The van der Waals surface area contributed by atoms with Crippen molar-refractivity contribution >= 4 is 0 Å². The monoisotopic (exact) mass is 454 g/mol. The van der Waals surface area contributed by atoms with E-state index in [4.69, 9.17) is 0 Å². The van der Waals surface area contributed by atoms with Crippen molar-refractivity contribution in [3.63, 3.8) is 0 Å². The number of nitrogens with zero attached hydrogens (tertiary/aromatic N) is 4. The summed E-state index contributed by atoms with van der Waals surface area (Å²) in [4.78, 5) is 10.5. The van der Waals surface area contributed by atoms with Gasteiger partial charge in [0.15, 0.2) is 0 Å². The van der Waals surface area contributed by atoms with Crippen molar-refractivity contribution < 1.29 is 43.0 Å². The number of aliphatic hydroxyl groups excluding tert-OH is 2. The van der Waals surface area contributed by atoms with Crippen LogP contribution >= 0.6 is 0 Å². The van der Waals surface area contributed by atoms with Gasteiger partial charge in [-0.2, -0.15) is 0 Å². The van der Waals surface area contributed by atoms with Crippen LogP contribution in [0.2, 0.25) is 0 Å². The SMILES string of the molecule is C[C@H]([O-])CN1CCN(Cc2cccnc2)CCN([C@H](C[O-])[C@H](O)CO)CC1.O.[Fe+6]. The molecule has 9 nitrogen and oxygen atoms in total. The fraction of sp³-hybridized carbons (Fsp3) is 0.737. The molecule has 3 atom stereocenters. The number of pyridine rings is 1. The molecule has 2 heterocycles. The van der Waals surface area contributed by atoms with Gasteiger partial charge in [0.05, 0.1) is 12.7 Å². The summed E-state index contributed by atoms with van der Waals surface area (Å²) in [6.07, 6.45) is 1.86. The summed E-state index contributed by atoms with van der Waals surface area (Å²) in [5, 5.41) is 42.6. The van der Waals surface area contributed by atoms with E-state index in [-0.39, 0.29) is 22.5 Å². The Morgan fingerprint density at radius 3 is 2.31 bits per heavy atom. The van der Waals surface area contributed by atoms with E-state index < -0.39 is 31.5 Å². The molecule has 0 bridgehead atoms. The maximum atomic E-state index is 11.7. The summed E-state index contributed by atoms with van der Waals surface area (Å²) < 4.78 is 0. The van der Waals surface area contributed by atoms with Crippen LogP contribution in [-0.2, 0) is 23.6 Å². The molecule has 1 aromatic rings. The van der Waals surface area contributed by atoms with E-state index in [9.17, 15) is 20.4 Å². The molecule has 1 aliphatic heterocycles. The molecule has 0 saturated carbocycles. The van der Waals surface area contributed by atoms with E-state index in [1.54, 1.807) is 13.1 Å². The van der Waals surface area contributed by atoms with Gasteiger partial charge in [-0.15, -0.1) is 12.7 Å². The molecule has 0 amide bonds. The number of hydrogen-bond acceptors (Lipinski definition) is 8. The fourth-order valence-corrected chi connectivity index (χ4v) is 3.53. The van der Waals surface area contributed by atoms with Gasteiger partial charge in [0.2, 0.25) is 0 Å². The Labute approximate surface area is 183 Å². The van der Waals surface area contributed by atoms with Crippen molar-refractivity contribution in [3.8, 4) is 0 Å². The van der Waals surface area contributed by atoms with Crippen LogP contribution in [0.5, 0.6) is 0 Å². The van der Waals surface area contributed by atoms with Gasteiger partial charge in [0.25, 0.3) is 0 Å². The summed E-state index contributed by atoms with van der Waals surface area (Å²) in [5.41, 5.74) is 1.11. The minimum absolute atomic E-state index is 0. The van der Waals surface area contributed by atoms with Crippen LogP contribution in [0.15, 0.2) is 24.5 Å². The maximum Gasteiger partial charge on any atom is 6.00 e. The van der Waals surface area contributed by atoms with Crippen molar-refractivity contribution in [2.45, 2.75) is 31.7 Å². The Morgan fingerprint density at radius 2 is 1.76 bits per heavy atom. The molecule has 2 rings (SSSR count). The first kappa shape index (κ1) is 28.3. The van der Waals surface area contributed by atoms with Crippen LogP contribution in [0.4, 0.5) is 0 Å². The molecule has 29 heavy (non-hydrogen) atoms. The average Bonchev–Trinajstić information content (AvgIpc) is 2.75. The van der Waals surface area contributed by atoms with Crippen molar-refractivity contribution in [2.75, 3.05) is 59.0 Å². The van der Waals surface area contributed by atoms with Crippen LogP contribution in [0.1, 0.15) is 12.5 Å². The van der Waals surface area contributed by atoms with Crippen LogP contribution in [0.3, 0.4) is 0 Å². The third kappa shape index (κ3) is 9.80. The Hall–Kier alpha value is -0.651. The molecule has 10 heteroatoms. The van der Waals surface area contributed by atoms with E-state index in [1.165, 1.54) is 0 Å². The largest absolute Gasteiger partial charge is 6.00 e. The minimum Gasteiger partial charge on any atom is -0.853 e. The second-order valence-corrected chi connectivity index (χ2v) is 7.27. The molecule has 164 valence electrons. The molecule has 4 N–H and O–H groups in total. The molecule has 0 aromatic carbocycles. The zero-order valence-corrected chi connectivity index (χ0v) is 18.1. The van der Waals surface area contributed by atoms with E-state index in [0.29, 0.717) is 26.2 Å². The predicted molar refractivity (Wildman–Crippen MR) is 102 cm³/mol. The van der Waals surface area contributed by atoms with Crippen LogP contribution in [-0.4, -0.2) is 113 Å². The Kier molecular flexibility index (Phi) is 14.9. The maximum absolute atomic E-state index is 11.7. The first-order valence-corrected chi connectivity index (χ1v) is 9.64. The fourth-order valence-electron chi connectivity index (χ4n) is 3.53. The molecule has 0 unspecified atom stereocenters. The molecule has 1 aromatic heterocycles. The first-order chi connectivity index (χ1) is 13.0. The third-order valence-corrected chi connectivity index (χ3v) is 5.05. The second kappa shape index (κ2) is 15.2. The first-order valence-electron chi connectivity index (χ1n) is 9.64. The van der Waals surface area contributed by atoms with Crippen molar-refractivity contribution in [3.05, 3.63) is 30.1 Å². The Morgan fingerprint density at radius 1 is 1.14 bits per heavy atom. The van der Waals surface area contributed by atoms with Crippen LogP contribution < -0.4 is 10.2 Å². The van der Waals surface area contributed by atoms with Gasteiger partial charge in [-0.25, -0.2) is 0 Å². The quantitative estimate of drug-likeness (QED) is 0.386. The van der Waals surface area contributed by atoms with Gasteiger partial charge >= 0.3 is 17.1 Å². The summed E-state index contributed by atoms with van der Waals surface area (Å²) in [6.45, 7) is 6.20. The topological polar surface area (TPSA) is 141 Å². The van der Waals surface area contributed by atoms with Gasteiger partial charge in [0, 0.05) is 64.2 Å². The summed E-state index contributed by atoms with van der Waals surface area (Å²) in [6, 6.07) is 3.32. The van der Waals surface area contributed by atoms with E-state index in [0.717, 1.165) is 31.7 Å². The van der Waals surface area contributed by atoms with E-state index >= 15 is 0 Å². The third-order valence-electron chi connectivity index (χ3n) is 5.05. The van der Waals surface area contributed by atoms with Crippen molar-refractivity contribution in [1.29, 1.82) is 0 Å². The normalized spacial score (nSPS) is 20.3. The average molecular weight is 454 g/mol. The molecule has 0 spiro atoms. The summed E-state index contributed by atoms with van der Waals surface area (Å²) >= 11 is 0. The number of rotatable bonds is 8. The number of aliphatic hydroxyl groups is 2. The minimum atomic E-state index is -1.05. The van der Waals surface area contributed by atoms with Crippen molar-refractivity contribution in [1.82, 2.24) is 19.7 Å².